The van der Waals surface area contributed by atoms with E-state index in [1.54, 1.807) is 11.6 Å². The second kappa shape index (κ2) is 17.8. The van der Waals surface area contributed by atoms with Gasteiger partial charge in [-0.15, -0.1) is 11.3 Å². The molecule has 3 saturated heterocycles. The largest absolute Gasteiger partial charge is 0.479 e. The molecule has 2 atom stereocenters. The number of nitrogens with one attached hydrogen (secondary N) is 2. The Hall–Kier alpha value is -5.29. The number of carboxylic acid groups (broad SMARTS) is 2. The van der Waals surface area contributed by atoms with Crippen LogP contribution in [0.5, 0.6) is 5.75 Å². The SMILES string of the molecule is Cn1c(=O)n(C2CCC(=O)NC2=O)c2ccc(C3CCN(c4cccc(CSN5CCC(Nc6cccc(-c7sc(C(=O)O)c(OCC(=O)O)c7Cl)c6)CC5(C)C)c4)CC3)cc21. The molecule has 0 spiro atoms. The van der Waals surface area contributed by atoms with E-state index in [0.29, 0.717) is 28.3 Å². The molecule has 3 aliphatic rings. The van der Waals surface area contributed by atoms with E-state index in [9.17, 15) is 29.1 Å². The van der Waals surface area contributed by atoms with Gasteiger partial charge in [-0.3, -0.25) is 24.0 Å². The predicted octanol–water partition coefficient (Wildman–Crippen LogP) is 7.75. The van der Waals surface area contributed by atoms with E-state index in [2.05, 4.69) is 70.1 Å². The number of halogens is 1. The number of aromatic carboxylic acids is 1. The van der Waals surface area contributed by atoms with Gasteiger partial charge >= 0.3 is 17.6 Å². The molecule has 4 N–H and O–H groups in total. The van der Waals surface area contributed by atoms with Crippen LogP contribution in [0.3, 0.4) is 0 Å². The van der Waals surface area contributed by atoms with Crippen LogP contribution in [-0.4, -0.2) is 85.2 Å². The Bertz CT molecular complexity index is 2610. The Labute approximate surface area is 371 Å². The molecule has 2 unspecified atom stereocenters. The minimum Gasteiger partial charge on any atom is -0.479 e. The summed E-state index contributed by atoms with van der Waals surface area (Å²) in [7, 11) is 1.74. The minimum atomic E-state index is -1.24. The van der Waals surface area contributed by atoms with Crippen LogP contribution >= 0.6 is 34.9 Å². The number of hydrogen-bond acceptors (Lipinski definition) is 11. The van der Waals surface area contributed by atoms with Gasteiger partial charge in [-0.1, -0.05) is 53.9 Å². The van der Waals surface area contributed by atoms with Crippen LogP contribution in [0.1, 0.15) is 85.1 Å². The fourth-order valence-electron chi connectivity index (χ4n) is 9.05. The highest BCUT2D eigenvalue weighted by Gasteiger charge is 2.36. The average Bonchev–Trinajstić information content (AvgIpc) is 3.71. The quantitative estimate of drug-likeness (QED) is 0.0669. The van der Waals surface area contributed by atoms with E-state index in [4.69, 9.17) is 21.4 Å². The number of aryl methyl sites for hydroxylation is 1. The molecule has 5 heterocycles. The number of carboxylic acids is 2. The third-order valence-corrected chi connectivity index (χ3v) is 15.3. The number of thiophene rings is 1. The molecule has 2 aromatic heterocycles. The lowest BCUT2D eigenvalue weighted by molar-refractivity contribution is -0.139. The summed E-state index contributed by atoms with van der Waals surface area (Å²) < 4.78 is 10.9. The van der Waals surface area contributed by atoms with Crippen molar-refractivity contribution in [1.82, 2.24) is 18.8 Å². The number of carbonyl (C=O) groups excluding carboxylic acids is 2. The summed E-state index contributed by atoms with van der Waals surface area (Å²) in [4.78, 5) is 63.5. The van der Waals surface area contributed by atoms with E-state index >= 15 is 0 Å². The minimum absolute atomic E-state index is 0.0795. The van der Waals surface area contributed by atoms with Gasteiger partial charge in [0.05, 0.1) is 15.9 Å². The number of aromatic nitrogens is 2. The number of aliphatic carboxylic acids is 1. The van der Waals surface area contributed by atoms with Gasteiger partial charge in [-0.2, -0.15) is 0 Å². The number of imide groups is 1. The maximum absolute atomic E-state index is 13.3. The van der Waals surface area contributed by atoms with Gasteiger partial charge in [0.1, 0.15) is 11.1 Å². The van der Waals surface area contributed by atoms with Crippen LogP contribution in [0.2, 0.25) is 5.02 Å². The number of nitrogens with zero attached hydrogens (tertiary/aromatic N) is 4. The molecular weight excluding hydrogens is 852 g/mol. The molecule has 0 aliphatic carbocycles. The van der Waals surface area contributed by atoms with E-state index in [1.807, 2.05) is 42.3 Å². The Morgan fingerprint density at radius 2 is 1.74 bits per heavy atom. The Balaban J connectivity index is 0.854. The number of imidazole rings is 1. The molecule has 326 valence electrons. The number of amides is 2. The fourth-order valence-corrected chi connectivity index (χ4v) is 11.6. The highest BCUT2D eigenvalue weighted by molar-refractivity contribution is 7.96. The van der Waals surface area contributed by atoms with E-state index in [-0.39, 0.29) is 45.2 Å². The first-order chi connectivity index (χ1) is 29.7. The van der Waals surface area contributed by atoms with Gasteiger partial charge in [0.25, 0.3) is 0 Å². The summed E-state index contributed by atoms with van der Waals surface area (Å²) in [6.45, 7) is 6.57. The van der Waals surface area contributed by atoms with Crippen LogP contribution < -0.4 is 26.0 Å². The number of rotatable bonds is 13. The summed E-state index contributed by atoms with van der Waals surface area (Å²) in [5.41, 5.74) is 6.42. The van der Waals surface area contributed by atoms with Gasteiger partial charge in [-0.05, 0) is 105 Å². The molecule has 5 aromatic rings. The van der Waals surface area contributed by atoms with Crippen molar-refractivity contribution in [2.75, 3.05) is 36.5 Å². The maximum atomic E-state index is 13.3. The molecule has 3 aliphatic heterocycles. The Morgan fingerprint density at radius 3 is 2.47 bits per heavy atom. The normalized spacial score (nSPS) is 19.7. The summed E-state index contributed by atoms with van der Waals surface area (Å²) in [5.74, 6) is -2.14. The number of carbonyl (C=O) groups is 4. The molecule has 14 nitrogen and oxygen atoms in total. The predicted molar refractivity (Wildman–Crippen MR) is 243 cm³/mol. The van der Waals surface area contributed by atoms with Crippen LogP contribution in [0.15, 0.2) is 71.5 Å². The van der Waals surface area contributed by atoms with Crippen molar-refractivity contribution < 1.29 is 34.1 Å². The fraction of sp³-hybridized carbons (Fsp3) is 0.400. The Kier molecular flexibility index (Phi) is 12.5. The molecule has 0 bridgehead atoms. The molecule has 2 amide bonds. The third-order valence-electron chi connectivity index (χ3n) is 12.2. The first-order valence-corrected chi connectivity index (χ1v) is 22.9. The zero-order valence-corrected chi connectivity index (χ0v) is 37.1. The molecule has 62 heavy (non-hydrogen) atoms. The topological polar surface area (TPSA) is 175 Å². The monoisotopic (exact) mass is 900 g/mol. The summed E-state index contributed by atoms with van der Waals surface area (Å²) in [6, 6.07) is 22.1. The van der Waals surface area contributed by atoms with Crippen molar-refractivity contribution in [2.45, 2.75) is 81.7 Å². The number of fused-ring (bicyclic) bond motifs is 1. The average molecular weight is 902 g/mol. The molecule has 0 saturated carbocycles. The summed E-state index contributed by atoms with van der Waals surface area (Å²) in [6.07, 6.45) is 4.32. The number of piperidine rings is 3. The molecule has 3 aromatic carbocycles. The summed E-state index contributed by atoms with van der Waals surface area (Å²) in [5, 5.41) is 24.9. The number of ether oxygens (including phenoxy) is 1. The van der Waals surface area contributed by atoms with Crippen molar-refractivity contribution in [3.8, 4) is 16.2 Å². The molecule has 8 rings (SSSR count). The number of anilines is 2. The zero-order chi connectivity index (χ0) is 43.9. The third kappa shape index (κ3) is 8.96. The van der Waals surface area contributed by atoms with Crippen LogP contribution in [0.4, 0.5) is 11.4 Å². The highest BCUT2D eigenvalue weighted by Crippen LogP contribution is 2.46. The lowest BCUT2D eigenvalue weighted by Gasteiger charge is -2.45. The smallest absolute Gasteiger partial charge is 0.349 e. The van der Waals surface area contributed by atoms with Gasteiger partial charge in [0, 0.05) is 61.8 Å². The van der Waals surface area contributed by atoms with Gasteiger partial charge in [0.2, 0.25) is 11.8 Å². The van der Waals surface area contributed by atoms with Crippen molar-refractivity contribution in [1.29, 1.82) is 0 Å². The second-order valence-electron chi connectivity index (χ2n) is 16.9. The summed E-state index contributed by atoms with van der Waals surface area (Å²) >= 11 is 9.38. The van der Waals surface area contributed by atoms with Crippen molar-refractivity contribution in [3.05, 3.63) is 98.2 Å². The Morgan fingerprint density at radius 1 is 0.968 bits per heavy atom. The lowest BCUT2D eigenvalue weighted by atomic mass is 9.89. The van der Waals surface area contributed by atoms with E-state index in [0.717, 1.165) is 73.6 Å². The molecule has 3 fully saturated rings. The first kappa shape index (κ1) is 43.4. The standard InChI is InChI=1S/C45H49ClN6O8S2/c1-45(2)23-31(47-30-8-5-7-29(21-30)40-38(46)39(60-24-37(54)55)41(62-40)43(57)58)16-19-51(45)61-25-26-6-4-9-32(20-26)50-17-14-27(15-18-50)28-10-11-33-35(22-28)49(3)44(59)52(33)34-12-13-36(53)48-42(34)56/h4-11,20-22,27,31,34,47H,12-19,23-25H2,1-3H3,(H,54,55)(H,57,58)(H,48,53,56). The highest BCUT2D eigenvalue weighted by atomic mass is 35.5. The molecular formula is C45H49ClN6O8S2. The van der Waals surface area contributed by atoms with E-state index < -0.39 is 30.5 Å². The molecule has 17 heteroatoms. The van der Waals surface area contributed by atoms with Crippen molar-refractivity contribution >= 4 is 81.0 Å². The van der Waals surface area contributed by atoms with Crippen molar-refractivity contribution in [2.24, 2.45) is 7.05 Å². The van der Waals surface area contributed by atoms with Gasteiger partial charge in [0.15, 0.2) is 17.2 Å². The number of benzene rings is 3. The lowest BCUT2D eigenvalue weighted by Crippen LogP contribution is -2.49. The second-order valence-corrected chi connectivity index (χ2v) is 19.2. The molecule has 0 radical (unpaired) electrons. The van der Waals surface area contributed by atoms with Gasteiger partial charge in [-0.25, -0.2) is 18.7 Å². The van der Waals surface area contributed by atoms with Crippen molar-refractivity contribution in [3.63, 3.8) is 0 Å². The van der Waals surface area contributed by atoms with Crippen LogP contribution in [0, 0.1) is 0 Å². The first-order valence-electron chi connectivity index (χ1n) is 20.7. The number of hydrogen-bond donors (Lipinski definition) is 4. The van der Waals surface area contributed by atoms with Crippen LogP contribution in [0.25, 0.3) is 21.5 Å². The van der Waals surface area contributed by atoms with Gasteiger partial charge < -0.3 is 25.2 Å². The zero-order valence-electron chi connectivity index (χ0n) is 34.7. The maximum Gasteiger partial charge on any atom is 0.349 e. The van der Waals surface area contributed by atoms with Crippen LogP contribution in [-0.2, 0) is 27.2 Å². The van der Waals surface area contributed by atoms with E-state index in [1.165, 1.54) is 21.4 Å².